The first-order valence-electron chi connectivity index (χ1n) is 5.13. The Bertz CT molecular complexity index is 514. The summed E-state index contributed by atoms with van der Waals surface area (Å²) in [5, 5.41) is -0.374. The molecule has 1 unspecified atom stereocenters. The molecule has 5 nitrogen and oxygen atoms in total. The number of hydrogen-bond acceptors (Lipinski definition) is 5. The van der Waals surface area contributed by atoms with Crippen LogP contribution < -0.4 is 4.90 Å². The Morgan fingerprint density at radius 3 is 3.06 bits per heavy atom. The number of nitrogens with zero attached hydrogens (tertiary/aromatic N) is 3. The molecule has 1 aliphatic heterocycles. The molecule has 0 aliphatic carbocycles. The molecule has 8 heteroatoms. The van der Waals surface area contributed by atoms with Gasteiger partial charge in [-0.3, -0.25) is 14.5 Å². The highest BCUT2D eigenvalue weighted by Gasteiger charge is 2.34. The van der Waals surface area contributed by atoms with E-state index in [0.717, 1.165) is 18.0 Å². The first kappa shape index (κ1) is 13.2. The van der Waals surface area contributed by atoms with Crippen LogP contribution in [0.2, 0.25) is 5.28 Å². The molecule has 0 spiro atoms. The van der Waals surface area contributed by atoms with Gasteiger partial charge in [0.05, 0.1) is 6.20 Å². The number of hydrogen-bond donors (Lipinski definition) is 0. The maximum absolute atomic E-state index is 13.5. The third-order valence-corrected chi connectivity index (χ3v) is 3.54. The largest absolute Gasteiger partial charge is 0.293 e. The van der Waals surface area contributed by atoms with Crippen molar-refractivity contribution in [3.05, 3.63) is 17.3 Å². The van der Waals surface area contributed by atoms with E-state index in [9.17, 15) is 14.0 Å². The molecular weight excluding hydrogens is 281 g/mol. The van der Waals surface area contributed by atoms with Crippen LogP contribution in [0, 0.1) is 5.82 Å². The lowest BCUT2D eigenvalue weighted by Crippen LogP contribution is -2.27. The molecule has 1 aromatic rings. The van der Waals surface area contributed by atoms with E-state index in [1.54, 1.807) is 0 Å². The molecule has 1 saturated heterocycles. The Hall–Kier alpha value is -1.21. The van der Waals surface area contributed by atoms with Gasteiger partial charge >= 0.3 is 0 Å². The zero-order valence-electron chi connectivity index (χ0n) is 9.39. The number of carbonyl (C=O) groups excluding carboxylic acids is 2. The average Bonchev–Trinajstić information content (AvgIpc) is 2.62. The molecular formula is C10H9ClFN3O2S. The summed E-state index contributed by atoms with van der Waals surface area (Å²) in [6, 6.07) is 0. The van der Waals surface area contributed by atoms with Crippen LogP contribution >= 0.6 is 23.4 Å². The summed E-state index contributed by atoms with van der Waals surface area (Å²) < 4.78 is 13.5. The zero-order valence-corrected chi connectivity index (χ0v) is 11.0. The molecule has 2 heterocycles. The number of amides is 1. The van der Waals surface area contributed by atoms with E-state index in [0.29, 0.717) is 0 Å². The van der Waals surface area contributed by atoms with Gasteiger partial charge in [0.2, 0.25) is 11.2 Å². The highest BCUT2D eigenvalue weighted by Crippen LogP contribution is 2.29. The minimum Gasteiger partial charge on any atom is -0.293 e. The topological polar surface area (TPSA) is 63.2 Å². The standard InChI is InChI=1S/C10H9ClFN3O2S/c1-5(16)18-6-2-8(17)15(4-6)9-7(12)3-13-10(11)14-9/h3,6H,2,4H2,1H3. The summed E-state index contributed by atoms with van der Waals surface area (Å²) in [5.41, 5.74) is 0. The quantitative estimate of drug-likeness (QED) is 0.775. The normalized spacial score (nSPS) is 19.4. The van der Waals surface area contributed by atoms with E-state index < -0.39 is 5.82 Å². The van der Waals surface area contributed by atoms with Crippen molar-refractivity contribution in [1.29, 1.82) is 0 Å². The second-order valence-electron chi connectivity index (χ2n) is 3.75. The minimum absolute atomic E-state index is 0.0733. The Labute approximate surface area is 112 Å². The van der Waals surface area contributed by atoms with Gasteiger partial charge in [0.15, 0.2) is 16.8 Å². The Morgan fingerprint density at radius 1 is 1.67 bits per heavy atom. The molecule has 0 saturated carbocycles. The fourth-order valence-electron chi connectivity index (χ4n) is 1.72. The third kappa shape index (κ3) is 2.78. The SMILES string of the molecule is CC(=O)SC1CC(=O)N(c2nc(Cl)ncc2F)C1. The Balaban J connectivity index is 2.21. The molecule has 0 N–H and O–H groups in total. The van der Waals surface area contributed by atoms with Crippen LogP contribution in [0.3, 0.4) is 0 Å². The number of anilines is 1. The van der Waals surface area contributed by atoms with Crippen molar-refractivity contribution in [2.75, 3.05) is 11.4 Å². The summed E-state index contributed by atoms with van der Waals surface area (Å²) in [6.45, 7) is 1.67. The molecule has 0 radical (unpaired) electrons. The number of rotatable bonds is 2. The lowest BCUT2D eigenvalue weighted by molar-refractivity contribution is -0.117. The van der Waals surface area contributed by atoms with E-state index in [1.807, 2.05) is 0 Å². The maximum Gasteiger partial charge on any atom is 0.229 e. The third-order valence-electron chi connectivity index (χ3n) is 2.37. The van der Waals surface area contributed by atoms with Gasteiger partial charge in [-0.05, 0) is 11.6 Å². The molecule has 0 bridgehead atoms. The predicted molar refractivity (Wildman–Crippen MR) is 66.0 cm³/mol. The fraction of sp³-hybridized carbons (Fsp3) is 0.400. The van der Waals surface area contributed by atoms with Gasteiger partial charge in [0.25, 0.3) is 0 Å². The maximum atomic E-state index is 13.5. The van der Waals surface area contributed by atoms with E-state index in [1.165, 1.54) is 11.8 Å². The molecule has 1 fully saturated rings. The molecule has 2 rings (SSSR count). The number of carbonyl (C=O) groups is 2. The smallest absolute Gasteiger partial charge is 0.229 e. The van der Waals surface area contributed by atoms with Crippen LogP contribution in [-0.2, 0) is 9.59 Å². The van der Waals surface area contributed by atoms with Crippen molar-refractivity contribution < 1.29 is 14.0 Å². The summed E-state index contributed by atoms with van der Waals surface area (Å²) >= 11 is 6.65. The van der Waals surface area contributed by atoms with E-state index >= 15 is 0 Å². The van der Waals surface area contributed by atoms with Gasteiger partial charge in [-0.2, -0.15) is 4.98 Å². The molecule has 1 aromatic heterocycles. The fourth-order valence-corrected chi connectivity index (χ4v) is 2.77. The Morgan fingerprint density at radius 2 is 2.39 bits per heavy atom. The van der Waals surface area contributed by atoms with E-state index in [2.05, 4.69) is 9.97 Å². The number of aromatic nitrogens is 2. The summed E-state index contributed by atoms with van der Waals surface area (Å²) in [7, 11) is 0. The molecule has 1 atom stereocenters. The highest BCUT2D eigenvalue weighted by molar-refractivity contribution is 8.14. The summed E-state index contributed by atoms with van der Waals surface area (Å²) in [6.07, 6.45) is 1.11. The second-order valence-corrected chi connectivity index (χ2v) is 5.57. The molecule has 1 aliphatic rings. The lowest BCUT2D eigenvalue weighted by atomic mass is 10.4. The highest BCUT2D eigenvalue weighted by atomic mass is 35.5. The zero-order chi connectivity index (χ0) is 13.3. The van der Waals surface area contributed by atoms with Crippen LogP contribution in [0.1, 0.15) is 13.3 Å². The van der Waals surface area contributed by atoms with E-state index in [-0.39, 0.29) is 40.3 Å². The minimum atomic E-state index is -0.707. The van der Waals surface area contributed by atoms with Gasteiger partial charge in [0, 0.05) is 25.1 Å². The Kier molecular flexibility index (Phi) is 3.82. The van der Waals surface area contributed by atoms with E-state index in [4.69, 9.17) is 11.6 Å². The van der Waals surface area contributed by atoms with Crippen molar-refractivity contribution in [3.8, 4) is 0 Å². The lowest BCUT2D eigenvalue weighted by Gasteiger charge is -2.15. The number of thioether (sulfide) groups is 1. The summed E-state index contributed by atoms with van der Waals surface area (Å²) in [5.74, 6) is -1.12. The van der Waals surface area contributed by atoms with Crippen molar-refractivity contribution in [2.24, 2.45) is 0 Å². The average molecular weight is 290 g/mol. The van der Waals surface area contributed by atoms with Gasteiger partial charge in [0.1, 0.15) is 0 Å². The van der Waals surface area contributed by atoms with Gasteiger partial charge in [-0.15, -0.1) is 0 Å². The van der Waals surface area contributed by atoms with Crippen LogP contribution in [0.15, 0.2) is 6.20 Å². The van der Waals surface area contributed by atoms with Crippen LogP contribution in [0.5, 0.6) is 0 Å². The van der Waals surface area contributed by atoms with Gasteiger partial charge in [-0.25, -0.2) is 9.37 Å². The van der Waals surface area contributed by atoms with Crippen molar-refractivity contribution in [3.63, 3.8) is 0 Å². The van der Waals surface area contributed by atoms with Crippen LogP contribution in [0.4, 0.5) is 10.2 Å². The number of halogens is 2. The molecule has 18 heavy (non-hydrogen) atoms. The van der Waals surface area contributed by atoms with Gasteiger partial charge < -0.3 is 0 Å². The predicted octanol–water partition coefficient (Wildman–Crippen LogP) is 1.65. The van der Waals surface area contributed by atoms with Crippen LogP contribution in [-0.4, -0.2) is 32.8 Å². The van der Waals surface area contributed by atoms with Crippen LogP contribution in [0.25, 0.3) is 0 Å². The molecule has 96 valence electrons. The summed E-state index contributed by atoms with van der Waals surface area (Å²) in [4.78, 5) is 31.1. The first-order chi connectivity index (χ1) is 8.47. The van der Waals surface area contributed by atoms with Crippen molar-refractivity contribution in [2.45, 2.75) is 18.6 Å². The van der Waals surface area contributed by atoms with Crippen molar-refractivity contribution >= 4 is 40.2 Å². The second kappa shape index (κ2) is 5.19. The molecule has 0 aromatic carbocycles. The monoisotopic (exact) mass is 289 g/mol. The first-order valence-corrected chi connectivity index (χ1v) is 6.38. The van der Waals surface area contributed by atoms with Crippen molar-refractivity contribution in [1.82, 2.24) is 9.97 Å². The molecule has 1 amide bonds. The van der Waals surface area contributed by atoms with Gasteiger partial charge in [-0.1, -0.05) is 11.8 Å².